The van der Waals surface area contributed by atoms with Crippen LogP contribution in [-0.4, -0.2) is 15.8 Å². The molecule has 86 valence electrons. The highest BCUT2D eigenvalue weighted by Gasteiger charge is 2.47. The van der Waals surface area contributed by atoms with Crippen molar-refractivity contribution < 1.29 is 9.90 Å². The Balaban J connectivity index is 2.00. The maximum Gasteiger partial charge on any atom is 0.319 e. The van der Waals surface area contributed by atoms with E-state index in [4.69, 9.17) is 0 Å². The first-order valence-electron chi connectivity index (χ1n) is 5.54. The van der Waals surface area contributed by atoms with Crippen LogP contribution in [-0.2, 0) is 10.5 Å². The number of rotatable bonds is 5. The van der Waals surface area contributed by atoms with E-state index in [2.05, 4.69) is 0 Å². The zero-order chi connectivity index (χ0) is 11.6. The van der Waals surface area contributed by atoms with Crippen LogP contribution in [0, 0.1) is 5.92 Å². The molecule has 0 radical (unpaired) electrons. The highest BCUT2D eigenvalue weighted by molar-refractivity contribution is 8.00. The Morgan fingerprint density at radius 1 is 1.44 bits per heavy atom. The zero-order valence-corrected chi connectivity index (χ0v) is 10.2. The average molecular weight is 236 g/mol. The summed E-state index contributed by atoms with van der Waals surface area (Å²) in [5.41, 5.74) is 1.20. The van der Waals surface area contributed by atoms with Gasteiger partial charge in [0.25, 0.3) is 0 Å². The van der Waals surface area contributed by atoms with Crippen LogP contribution >= 0.6 is 11.8 Å². The van der Waals surface area contributed by atoms with Crippen LogP contribution in [0.4, 0.5) is 0 Å². The fourth-order valence-corrected chi connectivity index (χ4v) is 3.05. The third-order valence-corrected chi connectivity index (χ3v) is 4.75. The number of thioether (sulfide) groups is 1. The summed E-state index contributed by atoms with van der Waals surface area (Å²) >= 11 is 1.56. The summed E-state index contributed by atoms with van der Waals surface area (Å²) in [5.74, 6) is 0.467. The molecule has 0 saturated heterocycles. The largest absolute Gasteiger partial charge is 0.480 e. The van der Waals surface area contributed by atoms with E-state index in [1.807, 2.05) is 37.3 Å². The van der Waals surface area contributed by atoms with Crippen LogP contribution < -0.4 is 0 Å². The highest BCUT2D eigenvalue weighted by atomic mass is 32.2. The molecule has 16 heavy (non-hydrogen) atoms. The summed E-state index contributed by atoms with van der Waals surface area (Å²) in [6.45, 7) is 1.86. The summed E-state index contributed by atoms with van der Waals surface area (Å²) < 4.78 is -0.601. The molecular weight excluding hydrogens is 220 g/mol. The first-order chi connectivity index (χ1) is 7.63. The van der Waals surface area contributed by atoms with Crippen LogP contribution in [0.3, 0.4) is 0 Å². The molecular formula is C13H16O2S. The minimum atomic E-state index is -0.670. The molecule has 3 heteroatoms. The Morgan fingerprint density at radius 2 is 2.06 bits per heavy atom. The van der Waals surface area contributed by atoms with Gasteiger partial charge in [-0.1, -0.05) is 30.3 Å². The van der Waals surface area contributed by atoms with E-state index in [9.17, 15) is 9.90 Å². The number of aliphatic carboxylic acids is 1. The molecule has 0 heterocycles. The first-order valence-corrected chi connectivity index (χ1v) is 6.53. The number of benzene rings is 1. The van der Waals surface area contributed by atoms with Crippen molar-refractivity contribution in [3.8, 4) is 0 Å². The first kappa shape index (κ1) is 11.5. The minimum absolute atomic E-state index is 0.360. The molecule has 1 fully saturated rings. The van der Waals surface area contributed by atoms with Gasteiger partial charge in [0.05, 0.1) is 0 Å². The molecule has 1 aromatic rings. The molecule has 2 rings (SSSR count). The normalized spacial score (nSPS) is 19.1. The van der Waals surface area contributed by atoms with Gasteiger partial charge in [0.2, 0.25) is 0 Å². The fraction of sp³-hybridized carbons (Fsp3) is 0.462. The minimum Gasteiger partial charge on any atom is -0.480 e. The van der Waals surface area contributed by atoms with Gasteiger partial charge in [-0.3, -0.25) is 4.79 Å². The lowest BCUT2D eigenvalue weighted by molar-refractivity contribution is -0.139. The molecule has 2 nitrogen and oxygen atoms in total. The van der Waals surface area contributed by atoms with Gasteiger partial charge in [-0.15, -0.1) is 11.8 Å². The van der Waals surface area contributed by atoms with Gasteiger partial charge < -0.3 is 5.11 Å². The molecule has 1 aliphatic rings. The average Bonchev–Trinajstić information content (AvgIpc) is 3.11. The Labute approximate surface area is 100 Å². The second-order valence-electron chi connectivity index (χ2n) is 4.46. The predicted octanol–water partition coefficient (Wildman–Crippen LogP) is 3.17. The van der Waals surface area contributed by atoms with Gasteiger partial charge in [0.15, 0.2) is 0 Å². The summed E-state index contributed by atoms with van der Waals surface area (Å²) in [4.78, 5) is 11.3. The van der Waals surface area contributed by atoms with E-state index in [0.717, 1.165) is 18.6 Å². The van der Waals surface area contributed by atoms with Gasteiger partial charge in [-0.2, -0.15) is 0 Å². The topological polar surface area (TPSA) is 37.3 Å². The van der Waals surface area contributed by atoms with Gasteiger partial charge in [-0.25, -0.2) is 0 Å². The van der Waals surface area contributed by atoms with Gasteiger partial charge in [0, 0.05) is 5.75 Å². The van der Waals surface area contributed by atoms with Gasteiger partial charge in [0.1, 0.15) is 4.75 Å². The lowest BCUT2D eigenvalue weighted by atomic mass is 10.1. The number of hydrogen-bond acceptors (Lipinski definition) is 2. The number of carbonyl (C=O) groups is 1. The van der Waals surface area contributed by atoms with Crippen LogP contribution in [0.1, 0.15) is 25.3 Å². The van der Waals surface area contributed by atoms with E-state index in [-0.39, 0.29) is 0 Å². The number of carboxylic acids is 1. The van der Waals surface area contributed by atoms with Crippen molar-refractivity contribution in [2.24, 2.45) is 5.92 Å². The molecule has 1 N–H and O–H groups in total. The van der Waals surface area contributed by atoms with Crippen LogP contribution in [0.15, 0.2) is 30.3 Å². The second kappa shape index (κ2) is 4.50. The van der Waals surface area contributed by atoms with E-state index in [1.54, 1.807) is 11.8 Å². The van der Waals surface area contributed by atoms with Crippen molar-refractivity contribution in [1.29, 1.82) is 0 Å². The maximum absolute atomic E-state index is 11.3. The Morgan fingerprint density at radius 3 is 2.56 bits per heavy atom. The standard InChI is InChI=1S/C13H16O2S/c1-13(12(14)15,11-7-8-11)16-9-10-5-3-2-4-6-10/h2-6,11H,7-9H2,1H3,(H,14,15). The van der Waals surface area contributed by atoms with Crippen molar-refractivity contribution in [2.45, 2.75) is 30.3 Å². The molecule has 0 amide bonds. The summed E-state index contributed by atoms with van der Waals surface area (Å²) in [7, 11) is 0. The quantitative estimate of drug-likeness (QED) is 0.853. The second-order valence-corrected chi connectivity index (χ2v) is 5.89. The number of carboxylic acid groups (broad SMARTS) is 1. The third kappa shape index (κ3) is 2.40. The van der Waals surface area contributed by atoms with Gasteiger partial charge >= 0.3 is 5.97 Å². The van der Waals surface area contributed by atoms with E-state index >= 15 is 0 Å². The number of hydrogen-bond donors (Lipinski definition) is 1. The zero-order valence-electron chi connectivity index (χ0n) is 9.35. The lowest BCUT2D eigenvalue weighted by Gasteiger charge is -2.23. The molecule has 1 aliphatic carbocycles. The smallest absolute Gasteiger partial charge is 0.319 e. The van der Waals surface area contributed by atoms with Crippen molar-refractivity contribution in [2.75, 3.05) is 0 Å². The fourth-order valence-electron chi connectivity index (χ4n) is 1.80. The van der Waals surface area contributed by atoms with E-state index in [1.165, 1.54) is 5.56 Å². The van der Waals surface area contributed by atoms with E-state index < -0.39 is 10.7 Å². The molecule has 1 atom stereocenters. The summed E-state index contributed by atoms with van der Waals surface area (Å²) in [5, 5.41) is 9.30. The lowest BCUT2D eigenvalue weighted by Crippen LogP contribution is -2.34. The summed E-state index contributed by atoms with van der Waals surface area (Å²) in [6, 6.07) is 10.0. The molecule has 0 spiro atoms. The Hall–Kier alpha value is -0.960. The monoisotopic (exact) mass is 236 g/mol. The molecule has 0 aromatic heterocycles. The van der Waals surface area contributed by atoms with Crippen LogP contribution in [0.2, 0.25) is 0 Å². The SMILES string of the molecule is CC(SCc1ccccc1)(C(=O)O)C1CC1. The van der Waals surface area contributed by atoms with Crippen molar-refractivity contribution in [3.05, 3.63) is 35.9 Å². The van der Waals surface area contributed by atoms with Crippen molar-refractivity contribution in [1.82, 2.24) is 0 Å². The maximum atomic E-state index is 11.3. The van der Waals surface area contributed by atoms with Crippen molar-refractivity contribution in [3.63, 3.8) is 0 Å². The molecule has 0 bridgehead atoms. The molecule has 1 aromatic carbocycles. The molecule has 1 unspecified atom stereocenters. The Bertz CT molecular complexity index is 373. The van der Waals surface area contributed by atoms with Gasteiger partial charge in [-0.05, 0) is 31.2 Å². The highest BCUT2D eigenvalue weighted by Crippen LogP contribution is 2.48. The summed E-state index contributed by atoms with van der Waals surface area (Å²) in [6.07, 6.45) is 2.12. The van der Waals surface area contributed by atoms with E-state index in [0.29, 0.717) is 5.92 Å². The predicted molar refractivity (Wildman–Crippen MR) is 66.5 cm³/mol. The van der Waals surface area contributed by atoms with Crippen molar-refractivity contribution >= 4 is 17.7 Å². The Kier molecular flexibility index (Phi) is 3.24. The van der Waals surface area contributed by atoms with Crippen LogP contribution in [0.25, 0.3) is 0 Å². The molecule has 1 saturated carbocycles. The third-order valence-electron chi connectivity index (χ3n) is 3.16. The molecule has 0 aliphatic heterocycles. The van der Waals surface area contributed by atoms with Crippen LogP contribution in [0.5, 0.6) is 0 Å².